The molecule has 76 valence electrons. The topological polar surface area (TPSA) is 26.3 Å². The Morgan fingerprint density at radius 3 is 2.08 bits per heavy atom. The second-order valence-corrected chi connectivity index (χ2v) is 6.34. The van der Waals surface area contributed by atoms with E-state index in [-0.39, 0.29) is 5.60 Å². The SMILES string of the molecule is COC1(C)CCC2(CC1)CS(=O)C2. The van der Waals surface area contributed by atoms with Gasteiger partial charge in [0, 0.05) is 29.4 Å². The van der Waals surface area contributed by atoms with Crippen molar-refractivity contribution in [2.24, 2.45) is 5.41 Å². The standard InChI is InChI=1S/C10H18O2S/c1-9(12-2)3-5-10(6-4-9)7-13(11)8-10/h3-8H2,1-2H3. The molecule has 0 radical (unpaired) electrons. The fourth-order valence-corrected chi connectivity index (χ4v) is 4.30. The van der Waals surface area contributed by atoms with Crippen LogP contribution in [0.2, 0.25) is 0 Å². The highest BCUT2D eigenvalue weighted by atomic mass is 32.2. The summed E-state index contributed by atoms with van der Waals surface area (Å²) in [5.41, 5.74) is 0.547. The molecule has 2 rings (SSSR count). The van der Waals surface area contributed by atoms with Crippen LogP contribution in [0.15, 0.2) is 0 Å². The van der Waals surface area contributed by atoms with Gasteiger partial charge in [0.05, 0.1) is 5.60 Å². The minimum Gasteiger partial charge on any atom is -0.379 e. The number of hydrogen-bond acceptors (Lipinski definition) is 2. The minimum absolute atomic E-state index is 0.0995. The van der Waals surface area contributed by atoms with Crippen LogP contribution in [-0.4, -0.2) is 28.4 Å². The second-order valence-electron chi connectivity index (χ2n) is 4.88. The third-order valence-electron chi connectivity index (χ3n) is 3.80. The van der Waals surface area contributed by atoms with Gasteiger partial charge in [-0.2, -0.15) is 0 Å². The smallest absolute Gasteiger partial charge is 0.0651 e. The molecule has 2 nitrogen and oxygen atoms in total. The van der Waals surface area contributed by atoms with E-state index in [9.17, 15) is 4.21 Å². The predicted octanol–water partition coefficient (Wildman–Crippen LogP) is 1.71. The maximum Gasteiger partial charge on any atom is 0.0651 e. The van der Waals surface area contributed by atoms with E-state index in [1.165, 1.54) is 12.8 Å². The minimum atomic E-state index is -0.496. The maximum atomic E-state index is 11.1. The molecular weight excluding hydrogens is 184 g/mol. The van der Waals surface area contributed by atoms with Crippen LogP contribution in [-0.2, 0) is 15.5 Å². The Bertz CT molecular complexity index is 219. The van der Waals surface area contributed by atoms with Gasteiger partial charge in [-0.15, -0.1) is 0 Å². The lowest BCUT2D eigenvalue weighted by molar-refractivity contribution is -0.0474. The van der Waals surface area contributed by atoms with Gasteiger partial charge >= 0.3 is 0 Å². The molecule has 0 aromatic carbocycles. The van der Waals surface area contributed by atoms with Crippen molar-refractivity contribution in [1.82, 2.24) is 0 Å². The summed E-state index contributed by atoms with van der Waals surface area (Å²) < 4.78 is 16.6. The van der Waals surface area contributed by atoms with Crippen molar-refractivity contribution in [1.29, 1.82) is 0 Å². The van der Waals surface area contributed by atoms with Crippen molar-refractivity contribution < 1.29 is 8.95 Å². The largest absolute Gasteiger partial charge is 0.379 e. The van der Waals surface area contributed by atoms with Gasteiger partial charge in [-0.3, -0.25) is 4.21 Å². The van der Waals surface area contributed by atoms with E-state index >= 15 is 0 Å². The number of methoxy groups -OCH3 is 1. The summed E-state index contributed by atoms with van der Waals surface area (Å²) in [6.45, 7) is 2.19. The molecular formula is C10H18O2S. The van der Waals surface area contributed by atoms with Crippen LogP contribution in [0, 0.1) is 5.41 Å². The van der Waals surface area contributed by atoms with Gasteiger partial charge in [0.2, 0.25) is 0 Å². The highest BCUT2D eigenvalue weighted by molar-refractivity contribution is 7.86. The van der Waals surface area contributed by atoms with E-state index in [1.807, 2.05) is 0 Å². The van der Waals surface area contributed by atoms with E-state index in [2.05, 4.69) is 6.92 Å². The summed E-state index contributed by atoms with van der Waals surface area (Å²) in [4.78, 5) is 0. The van der Waals surface area contributed by atoms with Crippen LogP contribution in [0.25, 0.3) is 0 Å². The van der Waals surface area contributed by atoms with Crippen LogP contribution in [0.3, 0.4) is 0 Å². The second kappa shape index (κ2) is 3.06. The fraction of sp³-hybridized carbons (Fsp3) is 1.00. The Balaban J connectivity index is 1.93. The Morgan fingerprint density at radius 1 is 1.15 bits per heavy atom. The molecule has 1 heterocycles. The fourth-order valence-electron chi connectivity index (χ4n) is 2.44. The molecule has 13 heavy (non-hydrogen) atoms. The van der Waals surface area contributed by atoms with Crippen molar-refractivity contribution in [3.63, 3.8) is 0 Å². The lowest BCUT2D eigenvalue weighted by Crippen LogP contribution is -2.50. The first-order chi connectivity index (χ1) is 6.08. The molecule has 0 amide bonds. The molecule has 0 aromatic heterocycles. The van der Waals surface area contributed by atoms with E-state index in [0.29, 0.717) is 5.41 Å². The molecule has 1 saturated heterocycles. The first-order valence-corrected chi connectivity index (χ1v) is 6.47. The van der Waals surface area contributed by atoms with Crippen LogP contribution in [0.4, 0.5) is 0 Å². The summed E-state index contributed by atoms with van der Waals surface area (Å²) in [6.07, 6.45) is 4.70. The molecule has 0 aromatic rings. The van der Waals surface area contributed by atoms with Gasteiger partial charge in [0.15, 0.2) is 0 Å². The molecule has 0 bridgehead atoms. The molecule has 0 atom stereocenters. The molecule has 0 N–H and O–H groups in total. The normalized spacial score (nSPS) is 50.5. The number of ether oxygens (including phenoxy) is 1. The molecule has 2 aliphatic rings. The monoisotopic (exact) mass is 202 g/mol. The molecule has 1 spiro atoms. The highest BCUT2D eigenvalue weighted by Crippen LogP contribution is 2.47. The Kier molecular flexibility index (Phi) is 2.27. The summed E-state index contributed by atoms with van der Waals surface area (Å²) in [5.74, 6) is 1.90. The van der Waals surface area contributed by atoms with Crippen molar-refractivity contribution in [3.8, 4) is 0 Å². The summed E-state index contributed by atoms with van der Waals surface area (Å²) in [5, 5.41) is 0. The van der Waals surface area contributed by atoms with E-state index in [1.54, 1.807) is 7.11 Å². The molecule has 1 saturated carbocycles. The zero-order valence-corrected chi connectivity index (χ0v) is 9.28. The van der Waals surface area contributed by atoms with Crippen LogP contribution >= 0.6 is 0 Å². The Labute approximate surface area is 82.5 Å². The van der Waals surface area contributed by atoms with Gasteiger partial charge in [-0.05, 0) is 38.0 Å². The molecule has 2 fully saturated rings. The summed E-state index contributed by atoms with van der Waals surface area (Å²) in [6, 6.07) is 0. The van der Waals surface area contributed by atoms with Crippen LogP contribution in [0.5, 0.6) is 0 Å². The lowest BCUT2D eigenvalue weighted by Gasteiger charge is -2.48. The van der Waals surface area contributed by atoms with Gasteiger partial charge in [0.1, 0.15) is 0 Å². The quantitative estimate of drug-likeness (QED) is 0.647. The van der Waals surface area contributed by atoms with Gasteiger partial charge < -0.3 is 4.74 Å². The maximum absolute atomic E-state index is 11.1. The van der Waals surface area contributed by atoms with Crippen molar-refractivity contribution in [2.45, 2.75) is 38.2 Å². The van der Waals surface area contributed by atoms with Crippen molar-refractivity contribution >= 4 is 10.8 Å². The third-order valence-corrected chi connectivity index (χ3v) is 5.66. The zero-order chi connectivity index (χ0) is 9.53. The molecule has 0 unspecified atom stereocenters. The third kappa shape index (κ3) is 1.68. The van der Waals surface area contributed by atoms with Crippen LogP contribution < -0.4 is 0 Å². The molecule has 1 aliphatic carbocycles. The first kappa shape index (κ1) is 9.66. The van der Waals surface area contributed by atoms with Crippen molar-refractivity contribution in [3.05, 3.63) is 0 Å². The van der Waals surface area contributed by atoms with E-state index in [0.717, 1.165) is 24.3 Å². The van der Waals surface area contributed by atoms with E-state index < -0.39 is 10.8 Å². The highest BCUT2D eigenvalue weighted by Gasteiger charge is 2.47. The first-order valence-electron chi connectivity index (χ1n) is 4.98. The average Bonchev–Trinajstić information content (AvgIpc) is 2.08. The van der Waals surface area contributed by atoms with Gasteiger partial charge in [-0.1, -0.05) is 0 Å². The number of hydrogen-bond donors (Lipinski definition) is 0. The Morgan fingerprint density at radius 2 is 1.69 bits per heavy atom. The molecule has 3 heteroatoms. The molecule has 1 aliphatic heterocycles. The predicted molar refractivity (Wildman–Crippen MR) is 54.2 cm³/mol. The summed E-state index contributed by atoms with van der Waals surface area (Å²) >= 11 is 0. The number of rotatable bonds is 1. The lowest BCUT2D eigenvalue weighted by atomic mass is 9.71. The van der Waals surface area contributed by atoms with Gasteiger partial charge in [0.25, 0.3) is 0 Å². The zero-order valence-electron chi connectivity index (χ0n) is 8.47. The summed E-state index contributed by atoms with van der Waals surface area (Å²) in [7, 11) is 1.31. The van der Waals surface area contributed by atoms with Gasteiger partial charge in [-0.25, -0.2) is 0 Å². The Hall–Kier alpha value is 0.110. The van der Waals surface area contributed by atoms with Crippen molar-refractivity contribution in [2.75, 3.05) is 18.6 Å². The van der Waals surface area contributed by atoms with E-state index in [4.69, 9.17) is 4.74 Å². The van der Waals surface area contributed by atoms with Crippen LogP contribution in [0.1, 0.15) is 32.6 Å². The average molecular weight is 202 g/mol.